The van der Waals surface area contributed by atoms with Crippen LogP contribution < -0.4 is 10.1 Å². The molecule has 3 rings (SSSR count). The van der Waals surface area contributed by atoms with Crippen LogP contribution in [0.5, 0.6) is 5.75 Å². The quantitative estimate of drug-likeness (QED) is 0.906. The summed E-state index contributed by atoms with van der Waals surface area (Å²) in [6.07, 6.45) is 2.81. The number of benzene rings is 1. The van der Waals surface area contributed by atoms with Crippen LogP contribution in [-0.4, -0.2) is 44.5 Å². The molecule has 0 spiro atoms. The first-order valence-corrected chi connectivity index (χ1v) is 9.04. The van der Waals surface area contributed by atoms with Crippen LogP contribution in [0.4, 0.5) is 0 Å². The third-order valence-corrected chi connectivity index (χ3v) is 6.28. The Kier molecular flexibility index (Phi) is 5.71. The predicted octanol–water partition coefficient (Wildman–Crippen LogP) is 2.02. The smallest absolute Gasteiger partial charge is 0.243 e. The summed E-state index contributed by atoms with van der Waals surface area (Å²) in [5.74, 6) is 0.610. The van der Waals surface area contributed by atoms with Crippen LogP contribution in [0.2, 0.25) is 0 Å². The molecule has 124 valence electrons. The van der Waals surface area contributed by atoms with Gasteiger partial charge in [0.25, 0.3) is 0 Å². The third-order valence-electron chi connectivity index (χ3n) is 4.28. The maximum atomic E-state index is 13.0. The second-order valence-corrected chi connectivity index (χ2v) is 7.46. The third kappa shape index (κ3) is 3.25. The van der Waals surface area contributed by atoms with E-state index in [1.54, 1.807) is 28.6 Å². The molecule has 1 aromatic rings. The van der Waals surface area contributed by atoms with E-state index in [9.17, 15) is 8.42 Å². The van der Waals surface area contributed by atoms with Crippen LogP contribution >= 0.6 is 12.4 Å². The summed E-state index contributed by atoms with van der Waals surface area (Å²) in [4.78, 5) is 0.340. The van der Waals surface area contributed by atoms with Crippen molar-refractivity contribution >= 4 is 22.4 Å². The number of fused-ring (bicyclic) bond motifs is 2. The van der Waals surface area contributed by atoms with E-state index >= 15 is 0 Å². The highest BCUT2D eigenvalue weighted by atomic mass is 35.5. The molecular formula is C15H23ClN2O3S. The van der Waals surface area contributed by atoms with Crippen LogP contribution in [0.1, 0.15) is 26.2 Å². The first-order valence-electron chi connectivity index (χ1n) is 7.60. The van der Waals surface area contributed by atoms with Gasteiger partial charge in [-0.15, -0.1) is 12.4 Å². The monoisotopic (exact) mass is 346 g/mol. The van der Waals surface area contributed by atoms with Gasteiger partial charge in [-0.1, -0.05) is 6.07 Å². The topological polar surface area (TPSA) is 58.6 Å². The highest BCUT2D eigenvalue weighted by molar-refractivity contribution is 7.89. The van der Waals surface area contributed by atoms with Gasteiger partial charge in [0.15, 0.2) is 0 Å². The van der Waals surface area contributed by atoms with Gasteiger partial charge in [0, 0.05) is 24.7 Å². The van der Waals surface area contributed by atoms with Gasteiger partial charge in [-0.25, -0.2) is 8.42 Å². The number of hydrogen-bond donors (Lipinski definition) is 1. The van der Waals surface area contributed by atoms with Gasteiger partial charge in [-0.2, -0.15) is 4.31 Å². The van der Waals surface area contributed by atoms with Gasteiger partial charge in [0.05, 0.1) is 11.5 Å². The van der Waals surface area contributed by atoms with Crippen LogP contribution in [0, 0.1) is 0 Å². The SMILES string of the molecule is CCOc1cccc(S(=O)(=O)N2C3CCNCC2CC3)c1.Cl. The Bertz CT molecular complexity index is 595. The second-order valence-electron chi connectivity index (χ2n) is 5.62. The van der Waals surface area contributed by atoms with Gasteiger partial charge < -0.3 is 10.1 Å². The van der Waals surface area contributed by atoms with Crippen molar-refractivity contribution in [3.05, 3.63) is 24.3 Å². The summed E-state index contributed by atoms with van der Waals surface area (Å²) >= 11 is 0. The maximum Gasteiger partial charge on any atom is 0.243 e. The molecule has 0 amide bonds. The van der Waals surface area contributed by atoms with E-state index in [1.165, 1.54) is 0 Å². The molecule has 5 nitrogen and oxygen atoms in total. The van der Waals surface area contributed by atoms with E-state index < -0.39 is 10.0 Å². The van der Waals surface area contributed by atoms with Crippen LogP contribution in [0.3, 0.4) is 0 Å². The first kappa shape index (κ1) is 17.5. The summed E-state index contributed by atoms with van der Waals surface area (Å²) < 4.78 is 33.2. The molecular weight excluding hydrogens is 324 g/mol. The molecule has 7 heteroatoms. The maximum absolute atomic E-state index is 13.0. The summed E-state index contributed by atoms with van der Waals surface area (Å²) in [5.41, 5.74) is 0. The Hall–Kier alpha value is -0.820. The number of nitrogens with one attached hydrogen (secondary N) is 1. The van der Waals surface area contributed by atoms with Crippen molar-refractivity contribution in [2.75, 3.05) is 19.7 Å². The first-order chi connectivity index (χ1) is 10.1. The van der Waals surface area contributed by atoms with Gasteiger partial charge in [0.1, 0.15) is 5.75 Å². The van der Waals surface area contributed by atoms with Gasteiger partial charge in [-0.3, -0.25) is 0 Å². The van der Waals surface area contributed by atoms with Crippen molar-refractivity contribution in [1.82, 2.24) is 9.62 Å². The lowest BCUT2D eigenvalue weighted by Gasteiger charge is -2.27. The number of ether oxygens (including phenoxy) is 1. The van der Waals surface area contributed by atoms with E-state index in [2.05, 4.69) is 5.32 Å². The average molecular weight is 347 g/mol. The molecule has 1 N–H and O–H groups in total. The van der Waals surface area contributed by atoms with Crippen molar-refractivity contribution in [3.63, 3.8) is 0 Å². The lowest BCUT2D eigenvalue weighted by atomic mass is 10.1. The Morgan fingerprint density at radius 1 is 1.27 bits per heavy atom. The molecule has 22 heavy (non-hydrogen) atoms. The zero-order valence-corrected chi connectivity index (χ0v) is 14.3. The van der Waals surface area contributed by atoms with Crippen molar-refractivity contribution in [2.45, 2.75) is 43.2 Å². The fraction of sp³-hybridized carbons (Fsp3) is 0.600. The van der Waals surface area contributed by atoms with Crippen LogP contribution in [0.15, 0.2) is 29.2 Å². The zero-order valence-electron chi connectivity index (χ0n) is 12.7. The molecule has 0 saturated carbocycles. The van der Waals surface area contributed by atoms with Crippen molar-refractivity contribution < 1.29 is 13.2 Å². The molecule has 2 atom stereocenters. The Morgan fingerprint density at radius 3 is 2.82 bits per heavy atom. The molecule has 2 unspecified atom stereocenters. The average Bonchev–Trinajstić information content (AvgIpc) is 2.73. The van der Waals surface area contributed by atoms with Crippen molar-refractivity contribution in [3.8, 4) is 5.75 Å². The number of nitrogens with zero attached hydrogens (tertiary/aromatic N) is 1. The van der Waals surface area contributed by atoms with Crippen molar-refractivity contribution in [1.29, 1.82) is 0 Å². The highest BCUT2D eigenvalue weighted by Gasteiger charge is 2.42. The van der Waals surface area contributed by atoms with E-state index in [-0.39, 0.29) is 24.5 Å². The molecule has 0 aliphatic carbocycles. The number of halogens is 1. The molecule has 2 heterocycles. The lowest BCUT2D eigenvalue weighted by Crippen LogP contribution is -2.42. The largest absolute Gasteiger partial charge is 0.494 e. The highest BCUT2D eigenvalue weighted by Crippen LogP contribution is 2.34. The summed E-state index contributed by atoms with van der Waals surface area (Å²) in [7, 11) is -3.45. The summed E-state index contributed by atoms with van der Waals surface area (Å²) in [5, 5.41) is 3.33. The normalized spacial score (nSPS) is 25.3. The molecule has 2 fully saturated rings. The minimum Gasteiger partial charge on any atom is -0.494 e. The zero-order chi connectivity index (χ0) is 14.9. The lowest BCUT2D eigenvalue weighted by molar-refractivity contribution is 0.331. The van der Waals surface area contributed by atoms with E-state index in [1.807, 2.05) is 6.92 Å². The van der Waals surface area contributed by atoms with Crippen LogP contribution in [0.25, 0.3) is 0 Å². The Balaban J connectivity index is 0.00000176. The van der Waals surface area contributed by atoms with Gasteiger partial charge in [-0.05, 0) is 44.9 Å². The van der Waals surface area contributed by atoms with Crippen LogP contribution in [-0.2, 0) is 10.0 Å². The van der Waals surface area contributed by atoms with E-state index in [4.69, 9.17) is 4.74 Å². The Labute approximate surface area is 138 Å². The van der Waals surface area contributed by atoms with Gasteiger partial charge >= 0.3 is 0 Å². The fourth-order valence-corrected chi connectivity index (χ4v) is 5.28. The minimum absolute atomic E-state index is 0. The molecule has 2 bridgehead atoms. The fourth-order valence-electron chi connectivity index (χ4n) is 3.34. The van der Waals surface area contributed by atoms with Gasteiger partial charge in [0.2, 0.25) is 10.0 Å². The number of rotatable bonds is 4. The second kappa shape index (κ2) is 7.17. The molecule has 2 saturated heterocycles. The minimum atomic E-state index is -3.45. The standard InChI is InChI=1S/C15H22N2O3S.ClH/c1-2-20-14-4-3-5-15(10-14)21(18,19)17-12-6-7-13(17)11-16-9-8-12;/h3-5,10,12-13,16H,2,6-9,11H2,1H3;1H. The molecule has 0 radical (unpaired) electrons. The molecule has 1 aromatic carbocycles. The predicted molar refractivity (Wildman–Crippen MR) is 88.2 cm³/mol. The number of hydrogen-bond acceptors (Lipinski definition) is 4. The summed E-state index contributed by atoms with van der Waals surface area (Å²) in [6, 6.07) is 7.05. The van der Waals surface area contributed by atoms with E-state index in [0.29, 0.717) is 17.3 Å². The molecule has 2 aliphatic heterocycles. The van der Waals surface area contributed by atoms with Crippen molar-refractivity contribution in [2.24, 2.45) is 0 Å². The van der Waals surface area contributed by atoms with E-state index in [0.717, 1.165) is 32.4 Å². The molecule has 0 aromatic heterocycles. The summed E-state index contributed by atoms with van der Waals surface area (Å²) in [6.45, 7) is 4.07. The Morgan fingerprint density at radius 2 is 2.05 bits per heavy atom. The number of sulfonamides is 1. The molecule has 2 aliphatic rings.